The smallest absolute Gasteiger partial charge is 0.258 e. The van der Waals surface area contributed by atoms with Crippen LogP contribution in [-0.2, 0) is 17.8 Å². The van der Waals surface area contributed by atoms with Crippen LogP contribution < -0.4 is 15.4 Å². The first-order valence-electron chi connectivity index (χ1n) is 9.43. The lowest BCUT2D eigenvalue weighted by molar-refractivity contribution is -0.123. The van der Waals surface area contributed by atoms with Crippen LogP contribution in [0.4, 0.5) is 5.69 Å². The monoisotopic (exact) mass is 389 g/mol. The average Bonchev–Trinajstić information content (AvgIpc) is 2.78. The van der Waals surface area contributed by atoms with E-state index in [4.69, 9.17) is 4.74 Å². The van der Waals surface area contributed by atoms with Gasteiger partial charge in [-0.3, -0.25) is 14.6 Å². The molecule has 29 heavy (non-hydrogen) atoms. The van der Waals surface area contributed by atoms with Gasteiger partial charge in [0.05, 0.1) is 5.56 Å². The Morgan fingerprint density at radius 1 is 1.00 bits per heavy atom. The Hall–Kier alpha value is -3.67. The molecule has 0 aliphatic heterocycles. The number of aryl methyl sites for hydroxylation is 1. The molecule has 0 atom stereocenters. The fourth-order valence-corrected chi connectivity index (χ4v) is 2.74. The lowest BCUT2D eigenvalue weighted by atomic mass is 10.1. The number of rotatable bonds is 8. The summed E-state index contributed by atoms with van der Waals surface area (Å²) in [6, 6.07) is 18.4. The molecule has 2 N–H and O–H groups in total. The summed E-state index contributed by atoms with van der Waals surface area (Å²) in [5, 5.41) is 5.65. The van der Waals surface area contributed by atoms with E-state index in [1.807, 2.05) is 43.3 Å². The summed E-state index contributed by atoms with van der Waals surface area (Å²) in [7, 11) is 0. The van der Waals surface area contributed by atoms with Crippen molar-refractivity contribution in [2.75, 3.05) is 11.9 Å². The Morgan fingerprint density at radius 2 is 1.79 bits per heavy atom. The third-order valence-electron chi connectivity index (χ3n) is 4.34. The number of anilines is 1. The van der Waals surface area contributed by atoms with Gasteiger partial charge in [-0.15, -0.1) is 0 Å². The van der Waals surface area contributed by atoms with E-state index in [9.17, 15) is 9.59 Å². The van der Waals surface area contributed by atoms with Crippen molar-refractivity contribution >= 4 is 17.5 Å². The molecule has 1 aromatic heterocycles. The molecule has 2 amide bonds. The molecule has 1 heterocycles. The van der Waals surface area contributed by atoms with E-state index in [0.29, 0.717) is 17.8 Å². The topological polar surface area (TPSA) is 80.3 Å². The normalized spacial score (nSPS) is 10.2. The van der Waals surface area contributed by atoms with Crippen LogP contribution in [0.3, 0.4) is 0 Å². The Bertz CT molecular complexity index is 957. The molecule has 6 nitrogen and oxygen atoms in total. The fraction of sp³-hybridized carbons (Fsp3) is 0.174. The van der Waals surface area contributed by atoms with Crippen LogP contribution in [-0.4, -0.2) is 23.4 Å². The van der Waals surface area contributed by atoms with Crippen LogP contribution in [0.15, 0.2) is 73.1 Å². The van der Waals surface area contributed by atoms with Crippen molar-refractivity contribution in [3.8, 4) is 5.75 Å². The number of hydrogen-bond acceptors (Lipinski definition) is 4. The zero-order valence-corrected chi connectivity index (χ0v) is 16.2. The van der Waals surface area contributed by atoms with Crippen molar-refractivity contribution in [1.29, 1.82) is 0 Å². The predicted octanol–water partition coefficient (Wildman–Crippen LogP) is 3.59. The minimum Gasteiger partial charge on any atom is -0.483 e. The number of hydrogen-bond donors (Lipinski definition) is 2. The van der Waals surface area contributed by atoms with Gasteiger partial charge in [-0.25, -0.2) is 0 Å². The van der Waals surface area contributed by atoms with Crippen molar-refractivity contribution in [1.82, 2.24) is 10.3 Å². The van der Waals surface area contributed by atoms with Gasteiger partial charge in [0.1, 0.15) is 5.75 Å². The van der Waals surface area contributed by atoms with Crippen molar-refractivity contribution in [2.24, 2.45) is 0 Å². The van der Waals surface area contributed by atoms with Crippen molar-refractivity contribution < 1.29 is 14.3 Å². The Labute approximate surface area is 169 Å². The van der Waals surface area contributed by atoms with E-state index in [-0.39, 0.29) is 18.4 Å². The quantitative estimate of drug-likeness (QED) is 0.617. The molecule has 3 aromatic rings. The fourth-order valence-electron chi connectivity index (χ4n) is 2.74. The van der Waals surface area contributed by atoms with E-state index < -0.39 is 0 Å². The highest BCUT2D eigenvalue weighted by atomic mass is 16.5. The van der Waals surface area contributed by atoms with Gasteiger partial charge in [0.2, 0.25) is 0 Å². The molecule has 3 rings (SSSR count). The van der Waals surface area contributed by atoms with Gasteiger partial charge in [0, 0.05) is 24.6 Å². The standard InChI is InChI=1S/C23H23N3O3/c1-2-18-6-3-4-8-21(18)29-16-22(27)25-14-17-9-11-20(12-10-17)26-23(28)19-7-5-13-24-15-19/h3-13,15H,2,14,16H2,1H3,(H,25,27)(H,26,28). The lowest BCUT2D eigenvalue weighted by Crippen LogP contribution is -2.28. The molecular weight excluding hydrogens is 366 g/mol. The molecular formula is C23H23N3O3. The van der Waals surface area contributed by atoms with Gasteiger partial charge < -0.3 is 15.4 Å². The first kappa shape index (κ1) is 20.1. The van der Waals surface area contributed by atoms with Crippen LogP contribution >= 0.6 is 0 Å². The van der Waals surface area contributed by atoms with Crippen molar-refractivity contribution in [3.05, 3.63) is 89.7 Å². The Kier molecular flexibility index (Phi) is 6.95. The number of carbonyl (C=O) groups is 2. The van der Waals surface area contributed by atoms with Gasteiger partial charge in [0.15, 0.2) is 6.61 Å². The second-order valence-corrected chi connectivity index (χ2v) is 6.42. The maximum Gasteiger partial charge on any atom is 0.258 e. The molecule has 0 bridgehead atoms. The molecule has 2 aromatic carbocycles. The minimum absolute atomic E-state index is 0.0315. The molecule has 0 aliphatic rings. The van der Waals surface area contributed by atoms with E-state index in [1.165, 1.54) is 6.20 Å². The van der Waals surface area contributed by atoms with Crippen LogP contribution in [0, 0.1) is 0 Å². The first-order chi connectivity index (χ1) is 14.2. The van der Waals surface area contributed by atoms with Crippen LogP contribution in [0.1, 0.15) is 28.4 Å². The van der Waals surface area contributed by atoms with E-state index >= 15 is 0 Å². The summed E-state index contributed by atoms with van der Waals surface area (Å²) >= 11 is 0. The summed E-state index contributed by atoms with van der Waals surface area (Å²) in [5.41, 5.74) is 3.16. The molecule has 6 heteroatoms. The molecule has 0 aliphatic carbocycles. The lowest BCUT2D eigenvalue weighted by Gasteiger charge is -2.11. The summed E-state index contributed by atoms with van der Waals surface area (Å²) in [6.07, 6.45) is 3.98. The van der Waals surface area contributed by atoms with Gasteiger partial charge in [-0.05, 0) is 47.9 Å². The van der Waals surface area contributed by atoms with E-state index in [0.717, 1.165) is 23.3 Å². The third kappa shape index (κ3) is 5.90. The van der Waals surface area contributed by atoms with E-state index in [2.05, 4.69) is 15.6 Å². The highest BCUT2D eigenvalue weighted by Crippen LogP contribution is 2.18. The highest BCUT2D eigenvalue weighted by molar-refractivity contribution is 6.04. The second kappa shape index (κ2) is 10.0. The summed E-state index contributed by atoms with van der Waals surface area (Å²) in [6.45, 7) is 2.40. The van der Waals surface area contributed by atoms with Gasteiger partial charge in [-0.1, -0.05) is 37.3 Å². The molecule has 0 radical (unpaired) electrons. The Balaban J connectivity index is 1.46. The number of benzene rings is 2. The van der Waals surface area contributed by atoms with Crippen molar-refractivity contribution in [3.63, 3.8) is 0 Å². The number of pyridine rings is 1. The van der Waals surface area contributed by atoms with Gasteiger partial charge in [-0.2, -0.15) is 0 Å². The Morgan fingerprint density at radius 3 is 2.52 bits per heavy atom. The summed E-state index contributed by atoms with van der Waals surface area (Å²) in [4.78, 5) is 28.1. The van der Waals surface area contributed by atoms with E-state index in [1.54, 1.807) is 30.5 Å². The minimum atomic E-state index is -0.219. The summed E-state index contributed by atoms with van der Waals surface area (Å²) in [5.74, 6) is 0.326. The molecule has 0 spiro atoms. The summed E-state index contributed by atoms with van der Waals surface area (Å²) < 4.78 is 5.62. The predicted molar refractivity (Wildman–Crippen MR) is 112 cm³/mol. The maximum atomic E-state index is 12.1. The van der Waals surface area contributed by atoms with Gasteiger partial charge >= 0.3 is 0 Å². The van der Waals surface area contributed by atoms with Crippen LogP contribution in [0.5, 0.6) is 5.75 Å². The molecule has 148 valence electrons. The molecule has 0 unspecified atom stereocenters. The number of para-hydroxylation sites is 1. The zero-order valence-electron chi connectivity index (χ0n) is 16.2. The highest BCUT2D eigenvalue weighted by Gasteiger charge is 2.07. The molecule has 0 saturated carbocycles. The second-order valence-electron chi connectivity index (χ2n) is 6.42. The number of nitrogens with one attached hydrogen (secondary N) is 2. The van der Waals surface area contributed by atoms with Crippen LogP contribution in [0.2, 0.25) is 0 Å². The number of ether oxygens (including phenoxy) is 1. The maximum absolute atomic E-state index is 12.1. The number of amides is 2. The number of aromatic nitrogens is 1. The first-order valence-corrected chi connectivity index (χ1v) is 9.43. The number of nitrogens with zero attached hydrogens (tertiary/aromatic N) is 1. The number of carbonyl (C=O) groups excluding carboxylic acids is 2. The van der Waals surface area contributed by atoms with Gasteiger partial charge in [0.25, 0.3) is 11.8 Å². The third-order valence-corrected chi connectivity index (χ3v) is 4.34. The molecule has 0 fully saturated rings. The largest absolute Gasteiger partial charge is 0.483 e. The SMILES string of the molecule is CCc1ccccc1OCC(=O)NCc1ccc(NC(=O)c2cccnc2)cc1. The zero-order chi connectivity index (χ0) is 20.5. The molecule has 0 saturated heterocycles. The van der Waals surface area contributed by atoms with Crippen LogP contribution in [0.25, 0.3) is 0 Å². The average molecular weight is 389 g/mol. The van der Waals surface area contributed by atoms with Crippen molar-refractivity contribution in [2.45, 2.75) is 19.9 Å².